The molecule has 0 amide bonds. The van der Waals surface area contributed by atoms with Gasteiger partial charge >= 0.3 is 0 Å². The van der Waals surface area contributed by atoms with E-state index in [1.807, 2.05) is 0 Å². The summed E-state index contributed by atoms with van der Waals surface area (Å²) in [5, 5.41) is 1.89. The first-order valence-electron chi connectivity index (χ1n) is 8.53. The molecular formula is C19H45P3. The summed E-state index contributed by atoms with van der Waals surface area (Å²) in [6.07, 6.45) is 4.29. The summed E-state index contributed by atoms with van der Waals surface area (Å²) < 4.78 is 0. The molecular weight excluding hydrogens is 321 g/mol. The smallest absolute Gasteiger partial charge is 0.0175 e. The Balaban J connectivity index is 0. The van der Waals surface area contributed by atoms with E-state index in [9.17, 15) is 0 Å². The first kappa shape index (κ1) is 25.5. The van der Waals surface area contributed by atoms with Crippen LogP contribution in [0.2, 0.25) is 0 Å². The van der Waals surface area contributed by atoms with Crippen LogP contribution in [0.15, 0.2) is 0 Å². The van der Waals surface area contributed by atoms with E-state index >= 15 is 0 Å². The molecule has 0 saturated carbocycles. The zero-order chi connectivity index (χ0) is 17.3. The monoisotopic (exact) mass is 366 g/mol. The highest BCUT2D eigenvalue weighted by molar-refractivity contribution is 7.61. The van der Waals surface area contributed by atoms with Gasteiger partial charge in [-0.2, -0.15) is 9.90 Å². The fourth-order valence-electron chi connectivity index (χ4n) is 3.74. The van der Waals surface area contributed by atoms with Crippen molar-refractivity contribution in [2.45, 2.75) is 110 Å². The summed E-state index contributed by atoms with van der Waals surface area (Å²) in [5.74, 6) is 0. The molecule has 22 heavy (non-hydrogen) atoms. The van der Waals surface area contributed by atoms with Crippen molar-refractivity contribution in [2.24, 2.45) is 0 Å². The highest BCUT2D eigenvalue weighted by Crippen LogP contribution is 2.62. The third-order valence-electron chi connectivity index (χ3n) is 4.00. The molecule has 0 N–H and O–H groups in total. The highest BCUT2D eigenvalue weighted by Gasteiger charge is 2.36. The maximum Gasteiger partial charge on any atom is -0.0175 e. The second-order valence-electron chi connectivity index (χ2n) is 10.3. The van der Waals surface area contributed by atoms with E-state index in [0.29, 0.717) is 20.6 Å². The van der Waals surface area contributed by atoms with Crippen LogP contribution in [0, 0.1) is 0 Å². The lowest BCUT2D eigenvalue weighted by molar-refractivity contribution is 0.693. The Morgan fingerprint density at radius 2 is 0.636 bits per heavy atom. The van der Waals surface area contributed by atoms with Gasteiger partial charge in [-0.3, -0.25) is 0 Å². The molecule has 0 spiro atoms. The second kappa shape index (κ2) is 8.59. The third kappa shape index (κ3) is 8.95. The van der Waals surface area contributed by atoms with Crippen LogP contribution in [0.1, 0.15) is 89.5 Å². The second-order valence-corrected chi connectivity index (χ2v) is 18.3. The SMILES string of the molecule is CC(C)(C)P(CCCP(C(C)(C)C)C(C)(C)C)C(C)(C)C.P. The Labute approximate surface area is 148 Å². The van der Waals surface area contributed by atoms with E-state index in [2.05, 4.69) is 83.1 Å². The fourth-order valence-corrected chi connectivity index (χ4v) is 11.6. The van der Waals surface area contributed by atoms with Gasteiger partial charge in [0.2, 0.25) is 0 Å². The minimum absolute atomic E-state index is 0. The lowest BCUT2D eigenvalue weighted by Crippen LogP contribution is -2.29. The van der Waals surface area contributed by atoms with Crippen LogP contribution in [0.4, 0.5) is 0 Å². The van der Waals surface area contributed by atoms with Crippen molar-refractivity contribution in [1.82, 2.24) is 0 Å². The minimum atomic E-state index is 0. The first-order valence-corrected chi connectivity index (χ1v) is 11.6. The zero-order valence-corrected chi connectivity index (χ0v) is 20.9. The Kier molecular flexibility index (Phi) is 9.97. The molecule has 0 aliphatic heterocycles. The van der Waals surface area contributed by atoms with Gasteiger partial charge in [0, 0.05) is 0 Å². The molecule has 0 aliphatic carbocycles. The van der Waals surface area contributed by atoms with E-state index < -0.39 is 0 Å². The van der Waals surface area contributed by atoms with Gasteiger partial charge in [-0.1, -0.05) is 98.9 Å². The zero-order valence-electron chi connectivity index (χ0n) is 17.7. The molecule has 0 rings (SSSR count). The molecule has 3 heteroatoms. The van der Waals surface area contributed by atoms with Crippen molar-refractivity contribution >= 4 is 25.7 Å². The summed E-state index contributed by atoms with van der Waals surface area (Å²) >= 11 is 0. The Morgan fingerprint density at radius 1 is 0.455 bits per heavy atom. The third-order valence-corrected chi connectivity index (χ3v) is 12.0. The van der Waals surface area contributed by atoms with Gasteiger partial charge in [0.05, 0.1) is 0 Å². The van der Waals surface area contributed by atoms with Crippen LogP contribution in [-0.2, 0) is 0 Å². The maximum absolute atomic E-state index is 2.44. The Bertz CT molecular complexity index is 248. The molecule has 0 aromatic heterocycles. The lowest BCUT2D eigenvalue weighted by atomic mass is 10.2. The number of rotatable bonds is 4. The van der Waals surface area contributed by atoms with Crippen molar-refractivity contribution in [2.75, 3.05) is 12.3 Å². The topological polar surface area (TPSA) is 0 Å². The predicted octanol–water partition coefficient (Wildman–Crippen LogP) is 7.59. The molecule has 0 radical (unpaired) electrons. The molecule has 0 saturated heterocycles. The Hall–Kier alpha value is 1.29. The van der Waals surface area contributed by atoms with Crippen LogP contribution >= 0.6 is 25.7 Å². The average Bonchev–Trinajstić information content (AvgIpc) is 2.07. The van der Waals surface area contributed by atoms with Crippen LogP contribution in [-0.4, -0.2) is 32.9 Å². The molecule has 0 aliphatic rings. The molecule has 0 heterocycles. The molecule has 0 fully saturated rings. The predicted molar refractivity (Wildman–Crippen MR) is 118 cm³/mol. The van der Waals surface area contributed by atoms with Gasteiger partial charge in [-0.25, -0.2) is 0 Å². The lowest BCUT2D eigenvalue weighted by Gasteiger charge is -2.44. The van der Waals surface area contributed by atoms with E-state index in [4.69, 9.17) is 0 Å². The van der Waals surface area contributed by atoms with Crippen molar-refractivity contribution in [3.05, 3.63) is 0 Å². The van der Waals surface area contributed by atoms with Crippen LogP contribution in [0.3, 0.4) is 0 Å². The summed E-state index contributed by atoms with van der Waals surface area (Å²) in [6, 6.07) is 0. The van der Waals surface area contributed by atoms with Gasteiger partial charge in [-0.15, -0.1) is 0 Å². The number of hydrogen-bond acceptors (Lipinski definition) is 0. The average molecular weight is 366 g/mol. The molecule has 0 bridgehead atoms. The maximum atomic E-state index is 2.44. The quantitative estimate of drug-likeness (QED) is 0.450. The normalized spacial score (nSPS) is 14.5. The molecule has 1 unspecified atom stereocenters. The fraction of sp³-hybridized carbons (Fsp3) is 1.00. The first-order chi connectivity index (χ1) is 8.97. The van der Waals surface area contributed by atoms with E-state index in [1.54, 1.807) is 0 Å². The van der Waals surface area contributed by atoms with Crippen LogP contribution in [0.25, 0.3) is 0 Å². The molecule has 0 aromatic rings. The van der Waals surface area contributed by atoms with E-state index in [0.717, 1.165) is 0 Å². The van der Waals surface area contributed by atoms with Crippen LogP contribution < -0.4 is 0 Å². The largest absolute Gasteiger partial charge is 0.153 e. The number of hydrogen-bond donors (Lipinski definition) is 0. The van der Waals surface area contributed by atoms with Crippen molar-refractivity contribution in [3.63, 3.8) is 0 Å². The van der Waals surface area contributed by atoms with Crippen molar-refractivity contribution < 1.29 is 0 Å². The molecule has 1 atom stereocenters. The highest BCUT2D eigenvalue weighted by atomic mass is 31.1. The summed E-state index contributed by atoms with van der Waals surface area (Å²) in [6.45, 7) is 29.3. The van der Waals surface area contributed by atoms with Gasteiger partial charge in [0.15, 0.2) is 0 Å². The standard InChI is InChI=1S/C19H42P2.H3P/c1-16(2,3)20(17(4,5)6)14-13-15-21(18(7,8)9)19(10,11)12;/h13-15H2,1-12H3;1H3. The van der Waals surface area contributed by atoms with Gasteiger partial charge in [0.25, 0.3) is 0 Å². The van der Waals surface area contributed by atoms with Gasteiger partial charge < -0.3 is 0 Å². The van der Waals surface area contributed by atoms with E-state index in [1.165, 1.54) is 18.7 Å². The molecule has 136 valence electrons. The minimum Gasteiger partial charge on any atom is -0.153 e. The molecule has 0 aromatic carbocycles. The summed E-state index contributed by atoms with van der Waals surface area (Å²) in [7, 11) is 0.130. The van der Waals surface area contributed by atoms with Gasteiger partial charge in [0.1, 0.15) is 0 Å². The Morgan fingerprint density at radius 3 is 0.773 bits per heavy atom. The van der Waals surface area contributed by atoms with Crippen LogP contribution in [0.5, 0.6) is 0 Å². The molecule has 0 nitrogen and oxygen atoms in total. The van der Waals surface area contributed by atoms with Crippen molar-refractivity contribution in [1.29, 1.82) is 0 Å². The van der Waals surface area contributed by atoms with E-state index in [-0.39, 0.29) is 25.7 Å². The summed E-state index contributed by atoms with van der Waals surface area (Å²) in [5.41, 5.74) is 0. The summed E-state index contributed by atoms with van der Waals surface area (Å²) in [4.78, 5) is 0. The van der Waals surface area contributed by atoms with Crippen molar-refractivity contribution in [3.8, 4) is 0 Å². The van der Waals surface area contributed by atoms with Gasteiger partial charge in [-0.05, 0) is 39.4 Å².